The fraction of sp³-hybridized carbons (Fsp3) is 0.333. The molecule has 3 nitrogen and oxygen atoms in total. The van der Waals surface area contributed by atoms with Crippen molar-refractivity contribution in [3.8, 4) is 11.8 Å². The summed E-state index contributed by atoms with van der Waals surface area (Å²) in [6.45, 7) is 7.35. The van der Waals surface area contributed by atoms with Crippen LogP contribution in [0.25, 0.3) is 0 Å². The molecular formula is C27H27ClN2OS. The molecular weight excluding hydrogens is 436 g/mol. The minimum absolute atomic E-state index is 0.275. The fourth-order valence-corrected chi connectivity index (χ4v) is 5.59. The van der Waals surface area contributed by atoms with E-state index in [-0.39, 0.29) is 5.41 Å². The number of rotatable bonds is 5. The molecule has 5 heteroatoms. The smallest absolute Gasteiger partial charge is 0.134 e. The Balaban J connectivity index is 1.55. The summed E-state index contributed by atoms with van der Waals surface area (Å²) in [5, 5.41) is 11.3. The zero-order valence-electron chi connectivity index (χ0n) is 18.7. The standard InChI is InChI=1S/C27H27ClN2OS/c1-27(2,3)20-11-12-22-23(15-29)26(32-25(22)14-20)30-16-19-8-4-5-10-24(19)31-17-18-7-6-9-21(28)13-18/h4-10,13,16,20H,11-12,14,17H2,1-3H3/t20-/m1/s1. The van der Waals surface area contributed by atoms with Gasteiger partial charge in [-0.1, -0.05) is 56.6 Å². The lowest BCUT2D eigenvalue weighted by Gasteiger charge is -2.33. The number of thiophene rings is 1. The first-order valence-electron chi connectivity index (χ1n) is 10.9. The van der Waals surface area contributed by atoms with E-state index in [0.717, 1.165) is 46.7 Å². The summed E-state index contributed by atoms with van der Waals surface area (Å²) in [7, 11) is 0. The van der Waals surface area contributed by atoms with Crippen molar-refractivity contribution in [3.05, 3.63) is 80.7 Å². The van der Waals surface area contributed by atoms with Crippen LogP contribution in [0.4, 0.5) is 5.00 Å². The molecule has 1 aliphatic carbocycles. The predicted octanol–water partition coefficient (Wildman–Crippen LogP) is 7.75. The molecule has 4 rings (SSSR count). The van der Waals surface area contributed by atoms with Crippen molar-refractivity contribution in [2.75, 3.05) is 0 Å². The van der Waals surface area contributed by atoms with Gasteiger partial charge in [-0.15, -0.1) is 11.3 Å². The van der Waals surface area contributed by atoms with Crippen LogP contribution in [-0.4, -0.2) is 6.21 Å². The van der Waals surface area contributed by atoms with E-state index in [1.807, 2.05) is 54.7 Å². The molecule has 0 amide bonds. The van der Waals surface area contributed by atoms with Gasteiger partial charge < -0.3 is 4.74 Å². The van der Waals surface area contributed by atoms with Gasteiger partial charge >= 0.3 is 0 Å². The number of halogens is 1. The van der Waals surface area contributed by atoms with Gasteiger partial charge in [0.05, 0.1) is 5.56 Å². The fourth-order valence-electron chi connectivity index (χ4n) is 4.15. The van der Waals surface area contributed by atoms with E-state index < -0.39 is 0 Å². The zero-order chi connectivity index (χ0) is 22.7. The van der Waals surface area contributed by atoms with Crippen molar-refractivity contribution in [2.24, 2.45) is 16.3 Å². The largest absolute Gasteiger partial charge is 0.488 e. The first kappa shape index (κ1) is 22.6. The second-order valence-electron chi connectivity index (χ2n) is 9.32. The van der Waals surface area contributed by atoms with Crippen LogP contribution in [0.2, 0.25) is 5.02 Å². The Bertz CT molecular complexity index is 1180. The summed E-state index contributed by atoms with van der Waals surface area (Å²) in [6, 6.07) is 17.9. The van der Waals surface area contributed by atoms with Crippen LogP contribution in [0.15, 0.2) is 53.5 Å². The number of aliphatic imine (C=N–C) groups is 1. The maximum absolute atomic E-state index is 9.82. The predicted molar refractivity (Wildman–Crippen MR) is 133 cm³/mol. The highest BCUT2D eigenvalue weighted by Crippen LogP contribution is 2.44. The van der Waals surface area contributed by atoms with Gasteiger partial charge in [0.1, 0.15) is 23.4 Å². The molecule has 0 bridgehead atoms. The Morgan fingerprint density at radius 3 is 2.78 bits per heavy atom. The minimum Gasteiger partial charge on any atom is -0.488 e. The summed E-state index contributed by atoms with van der Waals surface area (Å²) in [5.41, 5.74) is 4.12. The van der Waals surface area contributed by atoms with Crippen molar-refractivity contribution in [2.45, 2.75) is 46.6 Å². The number of ether oxygens (including phenoxy) is 1. The van der Waals surface area contributed by atoms with Gasteiger partial charge in [0, 0.05) is 21.7 Å². The maximum atomic E-state index is 9.82. The van der Waals surface area contributed by atoms with E-state index in [1.54, 1.807) is 11.3 Å². The molecule has 0 N–H and O–H groups in total. The number of fused-ring (bicyclic) bond motifs is 1. The normalized spacial score (nSPS) is 16.0. The number of hydrogen-bond donors (Lipinski definition) is 0. The molecule has 1 aliphatic rings. The van der Waals surface area contributed by atoms with E-state index in [2.05, 4.69) is 26.8 Å². The van der Waals surface area contributed by atoms with Crippen LogP contribution in [0.5, 0.6) is 5.75 Å². The third-order valence-corrected chi connectivity index (χ3v) is 7.50. The van der Waals surface area contributed by atoms with E-state index in [9.17, 15) is 5.26 Å². The molecule has 0 fully saturated rings. The molecule has 32 heavy (non-hydrogen) atoms. The third-order valence-electron chi connectivity index (χ3n) is 6.11. The lowest BCUT2D eigenvalue weighted by Crippen LogP contribution is -2.26. The Kier molecular flexibility index (Phi) is 6.69. The molecule has 0 spiro atoms. The average Bonchev–Trinajstić information content (AvgIpc) is 3.13. The van der Waals surface area contributed by atoms with Gasteiger partial charge in [-0.05, 0) is 66.0 Å². The first-order chi connectivity index (χ1) is 15.3. The molecule has 3 aromatic rings. The van der Waals surface area contributed by atoms with Gasteiger partial charge in [0.15, 0.2) is 0 Å². The van der Waals surface area contributed by atoms with Crippen molar-refractivity contribution in [1.82, 2.24) is 0 Å². The highest BCUT2D eigenvalue weighted by atomic mass is 35.5. The number of para-hydroxylation sites is 1. The third kappa shape index (κ3) is 5.06. The van der Waals surface area contributed by atoms with Crippen LogP contribution < -0.4 is 4.74 Å². The molecule has 2 aromatic carbocycles. The first-order valence-corrected chi connectivity index (χ1v) is 12.1. The van der Waals surface area contributed by atoms with Gasteiger partial charge in [-0.3, -0.25) is 0 Å². The molecule has 0 unspecified atom stereocenters. The molecule has 164 valence electrons. The number of nitriles is 1. The summed E-state index contributed by atoms with van der Waals surface area (Å²) in [4.78, 5) is 6.06. The molecule has 0 saturated heterocycles. The van der Waals surface area contributed by atoms with Gasteiger partial charge in [0.2, 0.25) is 0 Å². The van der Waals surface area contributed by atoms with Gasteiger partial charge in [0.25, 0.3) is 0 Å². The molecule has 1 atom stereocenters. The van der Waals surface area contributed by atoms with Crippen LogP contribution in [-0.2, 0) is 19.4 Å². The highest BCUT2D eigenvalue weighted by molar-refractivity contribution is 7.16. The molecule has 1 aromatic heterocycles. The van der Waals surface area contributed by atoms with Crippen molar-refractivity contribution < 1.29 is 4.74 Å². The lowest BCUT2D eigenvalue weighted by atomic mass is 9.72. The van der Waals surface area contributed by atoms with E-state index in [4.69, 9.17) is 21.3 Å². The molecule has 0 saturated carbocycles. The van der Waals surface area contributed by atoms with Crippen LogP contribution in [0.3, 0.4) is 0 Å². The van der Waals surface area contributed by atoms with Crippen LogP contribution >= 0.6 is 22.9 Å². The Morgan fingerprint density at radius 2 is 2.03 bits per heavy atom. The van der Waals surface area contributed by atoms with Crippen molar-refractivity contribution in [3.63, 3.8) is 0 Å². The molecule has 1 heterocycles. The minimum atomic E-state index is 0.275. The Hall–Kier alpha value is -2.61. The van der Waals surface area contributed by atoms with E-state index in [1.165, 1.54) is 10.4 Å². The lowest BCUT2D eigenvalue weighted by molar-refractivity contribution is 0.218. The SMILES string of the molecule is CC(C)(C)[C@@H]1CCc2c(sc(N=Cc3ccccc3OCc3cccc(Cl)c3)c2C#N)C1. The second kappa shape index (κ2) is 9.48. The van der Waals surface area contributed by atoms with E-state index >= 15 is 0 Å². The number of hydrogen-bond acceptors (Lipinski definition) is 4. The average molecular weight is 463 g/mol. The van der Waals surface area contributed by atoms with Crippen molar-refractivity contribution >= 4 is 34.2 Å². The van der Waals surface area contributed by atoms with Crippen LogP contribution in [0, 0.1) is 22.7 Å². The van der Waals surface area contributed by atoms with E-state index in [0.29, 0.717) is 17.5 Å². The van der Waals surface area contributed by atoms with Gasteiger partial charge in [-0.25, -0.2) is 4.99 Å². The summed E-state index contributed by atoms with van der Waals surface area (Å²) in [6.07, 6.45) is 4.94. The number of nitrogens with zero attached hydrogens (tertiary/aromatic N) is 2. The van der Waals surface area contributed by atoms with Gasteiger partial charge in [-0.2, -0.15) is 5.26 Å². The van der Waals surface area contributed by atoms with Crippen LogP contribution in [0.1, 0.15) is 54.3 Å². The molecule has 0 radical (unpaired) electrons. The monoisotopic (exact) mass is 462 g/mol. The number of benzene rings is 2. The summed E-state index contributed by atoms with van der Waals surface area (Å²) < 4.78 is 6.04. The Morgan fingerprint density at radius 1 is 1.22 bits per heavy atom. The second-order valence-corrected chi connectivity index (χ2v) is 10.8. The zero-order valence-corrected chi connectivity index (χ0v) is 20.3. The topological polar surface area (TPSA) is 45.4 Å². The quantitative estimate of drug-likeness (QED) is 0.364. The summed E-state index contributed by atoms with van der Waals surface area (Å²) in [5.74, 6) is 1.39. The molecule has 0 aliphatic heterocycles. The highest BCUT2D eigenvalue weighted by Gasteiger charge is 2.32. The summed E-state index contributed by atoms with van der Waals surface area (Å²) >= 11 is 7.75. The maximum Gasteiger partial charge on any atom is 0.134 e. The van der Waals surface area contributed by atoms with Crippen molar-refractivity contribution in [1.29, 1.82) is 5.26 Å². The Labute approximate surface area is 199 Å².